The van der Waals surface area contributed by atoms with Gasteiger partial charge in [-0.3, -0.25) is 4.90 Å². The second-order valence-corrected chi connectivity index (χ2v) is 3.10. The number of anilines is 1. The topological polar surface area (TPSA) is 55.6 Å². The first-order chi connectivity index (χ1) is 6.65. The van der Waals surface area contributed by atoms with E-state index < -0.39 is 6.03 Å². The van der Waals surface area contributed by atoms with Crippen LogP contribution >= 0.6 is 11.6 Å². The van der Waals surface area contributed by atoms with E-state index in [0.29, 0.717) is 10.7 Å². The van der Waals surface area contributed by atoms with Gasteiger partial charge in [-0.2, -0.15) is 0 Å². The highest BCUT2D eigenvalue weighted by Crippen LogP contribution is 2.17. The second-order valence-electron chi connectivity index (χ2n) is 2.66. The van der Waals surface area contributed by atoms with Crippen molar-refractivity contribution in [2.75, 3.05) is 18.7 Å². The van der Waals surface area contributed by atoms with E-state index >= 15 is 0 Å². The quantitative estimate of drug-likeness (QED) is 0.781. The van der Waals surface area contributed by atoms with Gasteiger partial charge in [0.05, 0.1) is 0 Å². The van der Waals surface area contributed by atoms with E-state index in [-0.39, 0.29) is 6.73 Å². The summed E-state index contributed by atoms with van der Waals surface area (Å²) in [5.41, 5.74) is 5.82. The summed E-state index contributed by atoms with van der Waals surface area (Å²) in [4.78, 5) is 12.3. The SMILES string of the molecule is COCN(C(N)=O)c1ccc(Cl)cc1. The van der Waals surface area contributed by atoms with Crippen molar-refractivity contribution in [1.29, 1.82) is 0 Å². The standard InChI is InChI=1S/C9H11ClN2O2/c1-14-6-12(9(11)13)8-4-2-7(10)3-5-8/h2-5H,6H2,1H3,(H2,11,13). The molecule has 1 aromatic carbocycles. The minimum Gasteiger partial charge on any atom is -0.364 e. The molecule has 0 aliphatic rings. The number of urea groups is 1. The van der Waals surface area contributed by atoms with E-state index in [1.165, 1.54) is 12.0 Å². The van der Waals surface area contributed by atoms with Crippen LogP contribution in [0, 0.1) is 0 Å². The van der Waals surface area contributed by atoms with Crippen LogP contribution in [0.25, 0.3) is 0 Å². The number of primary amides is 1. The van der Waals surface area contributed by atoms with Crippen LogP contribution in [0.5, 0.6) is 0 Å². The van der Waals surface area contributed by atoms with E-state index in [4.69, 9.17) is 22.1 Å². The van der Waals surface area contributed by atoms with Gasteiger partial charge in [-0.05, 0) is 24.3 Å². The number of benzene rings is 1. The predicted molar refractivity (Wildman–Crippen MR) is 55.4 cm³/mol. The number of nitrogens with zero attached hydrogens (tertiary/aromatic N) is 1. The van der Waals surface area contributed by atoms with Crippen molar-refractivity contribution in [1.82, 2.24) is 0 Å². The molecule has 1 rings (SSSR count). The Morgan fingerprint density at radius 2 is 2.07 bits per heavy atom. The van der Waals surface area contributed by atoms with Crippen molar-refractivity contribution >= 4 is 23.3 Å². The van der Waals surface area contributed by atoms with E-state index in [1.54, 1.807) is 24.3 Å². The largest absolute Gasteiger partial charge is 0.364 e. The molecular weight excluding hydrogens is 204 g/mol. The van der Waals surface area contributed by atoms with E-state index in [0.717, 1.165) is 0 Å². The molecule has 5 heteroatoms. The molecule has 0 saturated heterocycles. The summed E-state index contributed by atoms with van der Waals surface area (Å²) in [6.07, 6.45) is 0. The molecule has 0 radical (unpaired) electrons. The average Bonchev–Trinajstić information content (AvgIpc) is 2.15. The van der Waals surface area contributed by atoms with Gasteiger partial charge >= 0.3 is 6.03 Å². The Bertz CT molecular complexity index is 313. The molecule has 0 saturated carbocycles. The van der Waals surface area contributed by atoms with Crippen molar-refractivity contribution in [3.05, 3.63) is 29.3 Å². The minimum absolute atomic E-state index is 0.122. The van der Waals surface area contributed by atoms with Crippen molar-refractivity contribution < 1.29 is 9.53 Å². The molecule has 76 valence electrons. The summed E-state index contributed by atoms with van der Waals surface area (Å²) < 4.78 is 4.84. The van der Waals surface area contributed by atoms with Gasteiger partial charge in [0, 0.05) is 17.8 Å². The van der Waals surface area contributed by atoms with Crippen LogP contribution in [-0.2, 0) is 4.74 Å². The molecule has 0 bridgehead atoms. The molecule has 0 heterocycles. The first-order valence-corrected chi connectivity index (χ1v) is 4.34. The summed E-state index contributed by atoms with van der Waals surface area (Å²) in [6.45, 7) is 0.122. The van der Waals surface area contributed by atoms with Gasteiger partial charge in [0.2, 0.25) is 0 Å². The van der Waals surface area contributed by atoms with E-state index in [1.807, 2.05) is 0 Å². The molecule has 1 aromatic rings. The van der Waals surface area contributed by atoms with E-state index in [2.05, 4.69) is 0 Å². The molecule has 0 aliphatic carbocycles. The predicted octanol–water partition coefficient (Wildman–Crippen LogP) is 1.83. The third-order valence-corrected chi connectivity index (χ3v) is 1.91. The number of hydrogen-bond donors (Lipinski definition) is 1. The number of carbonyl (C=O) groups excluding carboxylic acids is 1. The Hall–Kier alpha value is -1.26. The maximum atomic E-state index is 11.0. The molecule has 14 heavy (non-hydrogen) atoms. The molecule has 0 fully saturated rings. The fourth-order valence-electron chi connectivity index (χ4n) is 1.02. The Labute approximate surface area is 87.2 Å². The zero-order valence-electron chi connectivity index (χ0n) is 7.74. The summed E-state index contributed by atoms with van der Waals surface area (Å²) in [6, 6.07) is 6.21. The van der Waals surface area contributed by atoms with Crippen LogP contribution in [0.15, 0.2) is 24.3 Å². The lowest BCUT2D eigenvalue weighted by Crippen LogP contribution is -2.37. The molecule has 0 aromatic heterocycles. The number of nitrogens with two attached hydrogens (primary N) is 1. The number of halogens is 1. The number of ether oxygens (including phenoxy) is 1. The van der Waals surface area contributed by atoms with Gasteiger partial charge in [0.1, 0.15) is 6.73 Å². The van der Waals surface area contributed by atoms with Crippen molar-refractivity contribution in [3.63, 3.8) is 0 Å². The third-order valence-electron chi connectivity index (χ3n) is 1.66. The number of rotatable bonds is 3. The van der Waals surface area contributed by atoms with Crippen LogP contribution in [-0.4, -0.2) is 19.9 Å². The lowest BCUT2D eigenvalue weighted by Gasteiger charge is -2.18. The summed E-state index contributed by atoms with van der Waals surface area (Å²) in [5, 5.41) is 0.607. The van der Waals surface area contributed by atoms with Gasteiger partial charge in [0.25, 0.3) is 0 Å². The first-order valence-electron chi connectivity index (χ1n) is 3.96. The Morgan fingerprint density at radius 1 is 1.50 bits per heavy atom. The number of methoxy groups -OCH3 is 1. The summed E-state index contributed by atoms with van der Waals surface area (Å²) >= 11 is 5.71. The lowest BCUT2D eigenvalue weighted by molar-refractivity contribution is 0.194. The van der Waals surface area contributed by atoms with Crippen LogP contribution in [0.1, 0.15) is 0 Å². The van der Waals surface area contributed by atoms with Crippen molar-refractivity contribution in [2.45, 2.75) is 0 Å². The maximum Gasteiger partial charge on any atom is 0.321 e. The minimum atomic E-state index is -0.561. The fourth-order valence-corrected chi connectivity index (χ4v) is 1.14. The summed E-state index contributed by atoms with van der Waals surface area (Å²) in [7, 11) is 1.49. The summed E-state index contributed by atoms with van der Waals surface area (Å²) in [5.74, 6) is 0. The molecule has 0 spiro atoms. The van der Waals surface area contributed by atoms with Crippen LogP contribution in [0.2, 0.25) is 5.02 Å². The number of carbonyl (C=O) groups is 1. The molecule has 4 nitrogen and oxygen atoms in total. The monoisotopic (exact) mass is 214 g/mol. The van der Waals surface area contributed by atoms with E-state index in [9.17, 15) is 4.79 Å². The van der Waals surface area contributed by atoms with Gasteiger partial charge in [-0.15, -0.1) is 0 Å². The molecule has 2 N–H and O–H groups in total. The van der Waals surface area contributed by atoms with Gasteiger partial charge < -0.3 is 10.5 Å². The first kappa shape index (κ1) is 10.8. The number of amides is 2. The van der Waals surface area contributed by atoms with Crippen LogP contribution in [0.4, 0.5) is 10.5 Å². The molecule has 0 unspecified atom stereocenters. The van der Waals surface area contributed by atoms with Crippen LogP contribution in [0.3, 0.4) is 0 Å². The maximum absolute atomic E-state index is 11.0. The normalized spacial score (nSPS) is 9.86. The Balaban J connectivity index is 2.87. The third kappa shape index (κ3) is 2.61. The Morgan fingerprint density at radius 3 is 2.50 bits per heavy atom. The number of hydrogen-bond acceptors (Lipinski definition) is 2. The zero-order valence-corrected chi connectivity index (χ0v) is 8.49. The van der Waals surface area contributed by atoms with Crippen molar-refractivity contribution in [3.8, 4) is 0 Å². The Kier molecular flexibility index (Phi) is 3.73. The average molecular weight is 215 g/mol. The fraction of sp³-hybridized carbons (Fsp3) is 0.222. The molecular formula is C9H11ClN2O2. The van der Waals surface area contributed by atoms with Gasteiger partial charge in [-0.1, -0.05) is 11.6 Å². The molecule has 0 aliphatic heterocycles. The molecule has 2 amide bonds. The molecule has 0 atom stereocenters. The highest BCUT2D eigenvalue weighted by Gasteiger charge is 2.10. The van der Waals surface area contributed by atoms with Gasteiger partial charge in [0.15, 0.2) is 0 Å². The second kappa shape index (κ2) is 4.83. The highest BCUT2D eigenvalue weighted by molar-refractivity contribution is 6.30. The van der Waals surface area contributed by atoms with Crippen molar-refractivity contribution in [2.24, 2.45) is 5.73 Å². The highest BCUT2D eigenvalue weighted by atomic mass is 35.5. The lowest BCUT2D eigenvalue weighted by atomic mass is 10.3. The zero-order chi connectivity index (χ0) is 10.6. The smallest absolute Gasteiger partial charge is 0.321 e. The van der Waals surface area contributed by atoms with Gasteiger partial charge in [-0.25, -0.2) is 4.79 Å². The van der Waals surface area contributed by atoms with Crippen LogP contribution < -0.4 is 10.6 Å².